The van der Waals surface area contributed by atoms with Crippen LogP contribution in [-0.4, -0.2) is 23.6 Å². The fraction of sp³-hybridized carbons (Fsp3) is 0.263. The van der Waals surface area contributed by atoms with Crippen LogP contribution in [0.3, 0.4) is 0 Å². The van der Waals surface area contributed by atoms with Crippen LogP contribution in [0.2, 0.25) is 0 Å². The highest BCUT2D eigenvalue weighted by molar-refractivity contribution is 6.39. The highest BCUT2D eigenvalue weighted by atomic mass is 19.2. The molecule has 1 heterocycles. The summed E-state index contributed by atoms with van der Waals surface area (Å²) in [5, 5.41) is 3.91. The lowest BCUT2D eigenvalue weighted by Crippen LogP contribution is -2.35. The van der Waals surface area contributed by atoms with Gasteiger partial charge in [0.1, 0.15) is 5.71 Å². The fourth-order valence-electron chi connectivity index (χ4n) is 2.73. The second-order valence-corrected chi connectivity index (χ2v) is 6.01. The highest BCUT2D eigenvalue weighted by Gasteiger charge is 2.31. The van der Waals surface area contributed by atoms with E-state index in [0.29, 0.717) is 17.7 Å². The number of benzene rings is 2. The van der Waals surface area contributed by atoms with E-state index in [-0.39, 0.29) is 12.0 Å². The zero-order valence-electron chi connectivity index (χ0n) is 13.9. The van der Waals surface area contributed by atoms with Crippen molar-refractivity contribution in [1.29, 1.82) is 0 Å². The molecule has 1 aliphatic rings. The van der Waals surface area contributed by atoms with Gasteiger partial charge in [-0.2, -0.15) is 0 Å². The lowest BCUT2D eigenvalue weighted by Gasteiger charge is -2.25. The summed E-state index contributed by atoms with van der Waals surface area (Å²) in [5.41, 5.74) is 1.77. The highest BCUT2D eigenvalue weighted by Crippen LogP contribution is 2.29. The normalized spacial score (nSPS) is 17.6. The van der Waals surface area contributed by atoms with Crippen molar-refractivity contribution in [3.05, 3.63) is 71.3 Å². The number of hydrogen-bond donors (Lipinski definition) is 0. The van der Waals surface area contributed by atoms with Crippen molar-refractivity contribution in [2.24, 2.45) is 5.16 Å². The zero-order chi connectivity index (χ0) is 18.0. The summed E-state index contributed by atoms with van der Waals surface area (Å²) in [6.07, 6.45) is 0.0876. The van der Waals surface area contributed by atoms with E-state index in [1.54, 1.807) is 14.0 Å². The van der Waals surface area contributed by atoms with Crippen LogP contribution in [0.25, 0.3) is 0 Å². The molecule has 2 aromatic rings. The van der Waals surface area contributed by atoms with Crippen molar-refractivity contribution in [2.45, 2.75) is 25.5 Å². The summed E-state index contributed by atoms with van der Waals surface area (Å²) in [6.45, 7) is 1.75. The molecule has 0 bridgehead atoms. The van der Waals surface area contributed by atoms with Crippen LogP contribution in [0, 0.1) is 11.6 Å². The summed E-state index contributed by atoms with van der Waals surface area (Å²) in [7, 11) is 1.60. The van der Waals surface area contributed by atoms with E-state index in [4.69, 9.17) is 4.84 Å². The Morgan fingerprint density at radius 1 is 1.20 bits per heavy atom. The van der Waals surface area contributed by atoms with Crippen molar-refractivity contribution < 1.29 is 18.4 Å². The Morgan fingerprint density at radius 3 is 2.60 bits per heavy atom. The predicted octanol–water partition coefficient (Wildman–Crippen LogP) is 4.00. The molecule has 0 radical (unpaired) electrons. The molecule has 2 aromatic carbocycles. The summed E-state index contributed by atoms with van der Waals surface area (Å²) in [6, 6.07) is 12.7. The molecule has 0 N–H and O–H groups in total. The first-order valence-corrected chi connectivity index (χ1v) is 7.97. The molecule has 0 fully saturated rings. The number of halogens is 2. The molecule has 1 aliphatic heterocycles. The fourth-order valence-corrected chi connectivity index (χ4v) is 2.73. The molecule has 1 amide bonds. The van der Waals surface area contributed by atoms with Gasteiger partial charge in [-0.25, -0.2) is 8.78 Å². The van der Waals surface area contributed by atoms with Crippen LogP contribution in [-0.2, 0) is 9.63 Å². The number of oxime groups is 1. The van der Waals surface area contributed by atoms with Gasteiger partial charge >= 0.3 is 0 Å². The van der Waals surface area contributed by atoms with Crippen molar-refractivity contribution >= 4 is 11.6 Å². The van der Waals surface area contributed by atoms with Crippen LogP contribution in [0.4, 0.5) is 8.78 Å². The molecule has 0 saturated carbocycles. The van der Waals surface area contributed by atoms with Gasteiger partial charge in [-0.3, -0.25) is 4.79 Å². The minimum atomic E-state index is -0.934. The maximum Gasteiger partial charge on any atom is 0.272 e. The number of rotatable bonds is 4. The third kappa shape index (κ3) is 3.52. The molecule has 130 valence electrons. The van der Waals surface area contributed by atoms with Crippen molar-refractivity contribution in [3.8, 4) is 0 Å². The zero-order valence-corrected chi connectivity index (χ0v) is 13.9. The van der Waals surface area contributed by atoms with E-state index in [1.807, 2.05) is 30.3 Å². The molecular formula is C19H18F2N2O2. The summed E-state index contributed by atoms with van der Waals surface area (Å²) < 4.78 is 26.5. The maximum atomic E-state index is 13.4. The molecular weight excluding hydrogens is 326 g/mol. The van der Waals surface area contributed by atoms with Gasteiger partial charge in [0.25, 0.3) is 5.91 Å². The third-order valence-corrected chi connectivity index (χ3v) is 4.41. The minimum absolute atomic E-state index is 0.285. The molecule has 0 spiro atoms. The third-order valence-electron chi connectivity index (χ3n) is 4.41. The Hall–Kier alpha value is -2.76. The molecule has 6 heteroatoms. The summed E-state index contributed by atoms with van der Waals surface area (Å²) in [5.74, 6) is -2.14. The van der Waals surface area contributed by atoms with E-state index in [9.17, 15) is 13.6 Å². The number of carbonyl (C=O) groups excluding carboxylic acids is 1. The predicted molar refractivity (Wildman–Crippen MR) is 89.9 cm³/mol. The van der Waals surface area contributed by atoms with Crippen LogP contribution >= 0.6 is 0 Å². The van der Waals surface area contributed by atoms with Gasteiger partial charge in [-0.1, -0.05) is 41.6 Å². The largest absolute Gasteiger partial charge is 0.387 e. The molecule has 2 unspecified atom stereocenters. The Balaban J connectivity index is 1.69. The van der Waals surface area contributed by atoms with Crippen molar-refractivity contribution in [2.75, 3.05) is 7.05 Å². The van der Waals surface area contributed by atoms with E-state index in [2.05, 4.69) is 5.16 Å². The Labute approximate surface area is 144 Å². The van der Waals surface area contributed by atoms with Gasteiger partial charge in [0, 0.05) is 13.5 Å². The Bertz CT molecular complexity index is 808. The quantitative estimate of drug-likeness (QED) is 0.841. The first-order valence-electron chi connectivity index (χ1n) is 7.97. The summed E-state index contributed by atoms with van der Waals surface area (Å²) >= 11 is 0. The Kier molecular flexibility index (Phi) is 4.79. The van der Waals surface area contributed by atoms with Gasteiger partial charge in [0.2, 0.25) is 0 Å². The van der Waals surface area contributed by atoms with Gasteiger partial charge in [-0.05, 0) is 30.2 Å². The van der Waals surface area contributed by atoms with Gasteiger partial charge in [0.05, 0.1) is 6.04 Å². The van der Waals surface area contributed by atoms with Crippen molar-refractivity contribution in [3.63, 3.8) is 0 Å². The van der Waals surface area contributed by atoms with Crippen LogP contribution < -0.4 is 0 Å². The second kappa shape index (κ2) is 7.01. The van der Waals surface area contributed by atoms with E-state index < -0.39 is 17.7 Å². The van der Waals surface area contributed by atoms with E-state index in [0.717, 1.165) is 17.7 Å². The lowest BCUT2D eigenvalue weighted by atomic mass is 10.0. The first-order chi connectivity index (χ1) is 12.0. The number of carbonyl (C=O) groups is 1. The maximum absolute atomic E-state index is 13.4. The number of nitrogens with zero attached hydrogens (tertiary/aromatic N) is 2. The number of amides is 1. The van der Waals surface area contributed by atoms with E-state index in [1.165, 1.54) is 11.0 Å². The molecule has 2 atom stereocenters. The van der Waals surface area contributed by atoms with Crippen LogP contribution in [0.1, 0.15) is 36.6 Å². The lowest BCUT2D eigenvalue weighted by molar-refractivity contribution is -0.124. The minimum Gasteiger partial charge on any atom is -0.387 e. The van der Waals surface area contributed by atoms with Crippen LogP contribution in [0.5, 0.6) is 0 Å². The number of hydrogen-bond acceptors (Lipinski definition) is 3. The molecule has 0 saturated heterocycles. The van der Waals surface area contributed by atoms with E-state index >= 15 is 0 Å². The van der Waals surface area contributed by atoms with Gasteiger partial charge in [0.15, 0.2) is 17.7 Å². The average molecular weight is 344 g/mol. The second-order valence-electron chi connectivity index (χ2n) is 6.01. The Morgan fingerprint density at radius 2 is 1.92 bits per heavy atom. The molecule has 4 nitrogen and oxygen atoms in total. The smallest absolute Gasteiger partial charge is 0.272 e. The summed E-state index contributed by atoms with van der Waals surface area (Å²) in [4.78, 5) is 19.5. The average Bonchev–Trinajstić information content (AvgIpc) is 3.13. The SMILES string of the molecule is CC(c1ccc(F)c(F)c1)N(C)C(=O)C1=NOC(c2ccccc2)C1. The topological polar surface area (TPSA) is 41.9 Å². The molecule has 25 heavy (non-hydrogen) atoms. The molecule has 0 aliphatic carbocycles. The first kappa shape index (κ1) is 17.1. The van der Waals surface area contributed by atoms with Crippen molar-refractivity contribution in [1.82, 2.24) is 4.90 Å². The molecule has 3 rings (SSSR count). The van der Waals surface area contributed by atoms with Gasteiger partial charge < -0.3 is 9.74 Å². The van der Waals surface area contributed by atoms with Crippen LogP contribution in [0.15, 0.2) is 53.7 Å². The van der Waals surface area contributed by atoms with Gasteiger partial charge in [-0.15, -0.1) is 0 Å². The monoisotopic (exact) mass is 344 g/mol. The standard InChI is InChI=1S/C19H18F2N2O2/c1-12(14-8-9-15(20)16(21)10-14)23(2)19(24)17-11-18(25-22-17)13-6-4-3-5-7-13/h3-10,12,18H,11H2,1-2H3. The molecule has 0 aromatic heterocycles.